The smallest absolute Gasteiger partial charge is 0.200 e. The van der Waals surface area contributed by atoms with Crippen LogP contribution in [0.25, 0.3) is 0 Å². The van der Waals surface area contributed by atoms with E-state index < -0.39 is 12.3 Å². The minimum Gasteiger partial charge on any atom is -0.502 e. The summed E-state index contributed by atoms with van der Waals surface area (Å²) < 4.78 is 21.1. The summed E-state index contributed by atoms with van der Waals surface area (Å²) in [4.78, 5) is 0. The van der Waals surface area contributed by atoms with Gasteiger partial charge < -0.3 is 39.8 Å². The molecule has 0 bridgehead atoms. The largest absolute Gasteiger partial charge is 0.502 e. The van der Waals surface area contributed by atoms with Crippen molar-refractivity contribution in [2.75, 3.05) is 28.4 Å². The maximum absolute atomic E-state index is 10.3. The van der Waals surface area contributed by atoms with Gasteiger partial charge in [-0.2, -0.15) is 0 Å². The van der Waals surface area contributed by atoms with Gasteiger partial charge in [-0.05, 0) is 48.7 Å². The quantitative estimate of drug-likeness (QED) is 0.457. The van der Waals surface area contributed by atoms with Crippen LogP contribution in [0, 0.1) is 0 Å². The summed E-state index contributed by atoms with van der Waals surface area (Å²) in [6, 6.07) is 6.74. The van der Waals surface area contributed by atoms with E-state index in [0.717, 1.165) is 0 Å². The van der Waals surface area contributed by atoms with E-state index in [0.29, 0.717) is 21.4 Å². The molecule has 0 spiro atoms. The van der Waals surface area contributed by atoms with Gasteiger partial charge in [-0.15, -0.1) is 0 Å². The first-order valence-electron chi connectivity index (χ1n) is 9.43. The fraction of sp³-hybridized carbons (Fsp3) is 0.300. The number of hydrogen-bond acceptors (Lipinski definition) is 8. The number of hydrazine groups is 1. The topological polar surface area (TPSA) is 108 Å². The predicted octanol–water partition coefficient (Wildman–Crippen LogP) is 2.12. The fourth-order valence-electron chi connectivity index (χ4n) is 3.76. The summed E-state index contributed by atoms with van der Waals surface area (Å²) in [6.45, 7) is 0. The Hall–Kier alpha value is -3.38. The van der Waals surface area contributed by atoms with Crippen LogP contribution in [0.2, 0.25) is 0 Å². The highest BCUT2D eigenvalue weighted by atomic mass is 32.1. The van der Waals surface area contributed by atoms with Crippen molar-refractivity contribution in [2.45, 2.75) is 12.3 Å². The number of nitrogens with zero attached hydrogens (tertiary/aromatic N) is 2. The molecule has 0 radical (unpaired) electrons. The number of fused-ring (bicyclic) bond motifs is 1. The molecule has 2 aromatic carbocycles. The van der Waals surface area contributed by atoms with Gasteiger partial charge in [0.1, 0.15) is 12.3 Å². The van der Waals surface area contributed by atoms with Crippen molar-refractivity contribution in [1.29, 1.82) is 0 Å². The molecule has 0 aromatic heterocycles. The predicted molar refractivity (Wildman–Crippen MR) is 123 cm³/mol. The molecule has 170 valence electrons. The lowest BCUT2D eigenvalue weighted by atomic mass is 10.1. The lowest BCUT2D eigenvalue weighted by molar-refractivity contribution is 0.113. The van der Waals surface area contributed by atoms with Crippen molar-refractivity contribution in [2.24, 2.45) is 0 Å². The Kier molecular flexibility index (Phi) is 5.65. The summed E-state index contributed by atoms with van der Waals surface area (Å²) in [7, 11) is 5.84. The van der Waals surface area contributed by atoms with Crippen LogP contribution in [-0.2, 0) is 0 Å². The Morgan fingerprint density at radius 2 is 0.938 bits per heavy atom. The lowest BCUT2D eigenvalue weighted by Gasteiger charge is -2.27. The summed E-state index contributed by atoms with van der Waals surface area (Å²) in [5.41, 5.74) is 1.43. The number of ether oxygens (including phenoxy) is 4. The minimum absolute atomic E-state index is 0.0977. The Balaban J connectivity index is 1.74. The Bertz CT molecular complexity index is 962. The maximum atomic E-state index is 10.3. The maximum Gasteiger partial charge on any atom is 0.200 e. The number of thiocarbonyl (C=S) groups is 2. The highest BCUT2D eigenvalue weighted by Gasteiger charge is 2.48. The van der Waals surface area contributed by atoms with Crippen LogP contribution in [-0.4, -0.2) is 58.9 Å². The SMILES string of the molecule is COc1cc(C2NC(=S)N3C(c4cc(OC)c(O)c(OC)c4)NC(=S)N23)cc(OC)c1O. The molecular weight excluding hydrogens is 456 g/mol. The first kappa shape index (κ1) is 21.8. The summed E-state index contributed by atoms with van der Waals surface area (Å²) in [5.74, 6) is 0.835. The van der Waals surface area contributed by atoms with Gasteiger partial charge >= 0.3 is 0 Å². The second-order valence-corrected chi connectivity index (χ2v) is 7.71. The highest BCUT2D eigenvalue weighted by molar-refractivity contribution is 7.80. The molecule has 12 heteroatoms. The third kappa shape index (κ3) is 3.31. The van der Waals surface area contributed by atoms with Crippen LogP contribution in [0.1, 0.15) is 23.5 Å². The molecule has 0 amide bonds. The van der Waals surface area contributed by atoms with Gasteiger partial charge in [-0.3, -0.25) is 0 Å². The Morgan fingerprint density at radius 3 is 1.19 bits per heavy atom. The molecule has 4 rings (SSSR count). The van der Waals surface area contributed by atoms with Crippen molar-refractivity contribution in [1.82, 2.24) is 20.7 Å². The molecule has 32 heavy (non-hydrogen) atoms. The van der Waals surface area contributed by atoms with E-state index in [9.17, 15) is 10.2 Å². The van der Waals surface area contributed by atoms with E-state index in [-0.39, 0.29) is 34.5 Å². The third-order valence-electron chi connectivity index (χ3n) is 5.29. The van der Waals surface area contributed by atoms with Gasteiger partial charge in [0.25, 0.3) is 0 Å². The molecular formula is C20H22N4O6S2. The van der Waals surface area contributed by atoms with E-state index in [2.05, 4.69) is 10.6 Å². The lowest BCUT2D eigenvalue weighted by Crippen LogP contribution is -2.36. The van der Waals surface area contributed by atoms with Crippen LogP contribution in [0.3, 0.4) is 0 Å². The molecule has 2 aromatic rings. The van der Waals surface area contributed by atoms with E-state index in [1.165, 1.54) is 28.4 Å². The number of nitrogens with one attached hydrogen (secondary N) is 2. The molecule has 2 aliphatic rings. The minimum atomic E-state index is -0.475. The number of methoxy groups -OCH3 is 4. The van der Waals surface area contributed by atoms with E-state index in [1.807, 2.05) is 0 Å². The van der Waals surface area contributed by atoms with Crippen molar-refractivity contribution in [3.8, 4) is 34.5 Å². The molecule has 2 aliphatic heterocycles. The highest BCUT2D eigenvalue weighted by Crippen LogP contribution is 2.45. The fourth-order valence-corrected chi connectivity index (χ4v) is 4.37. The van der Waals surface area contributed by atoms with Crippen LogP contribution in [0.15, 0.2) is 24.3 Å². The molecule has 10 nitrogen and oxygen atoms in total. The Morgan fingerprint density at radius 1 is 0.656 bits per heavy atom. The number of phenolic OH excluding ortho intramolecular Hbond substituents is 2. The average Bonchev–Trinajstić information content (AvgIpc) is 3.32. The molecule has 4 N–H and O–H groups in total. The van der Waals surface area contributed by atoms with Crippen LogP contribution in [0.4, 0.5) is 0 Å². The van der Waals surface area contributed by atoms with Gasteiger partial charge in [-0.1, -0.05) is 0 Å². The number of hydrogen-bond donors (Lipinski definition) is 4. The molecule has 2 unspecified atom stereocenters. The second-order valence-electron chi connectivity index (χ2n) is 6.94. The molecule has 2 saturated heterocycles. The van der Waals surface area contributed by atoms with Gasteiger partial charge in [0.2, 0.25) is 11.5 Å². The van der Waals surface area contributed by atoms with E-state index in [4.69, 9.17) is 43.4 Å². The van der Waals surface area contributed by atoms with Crippen molar-refractivity contribution < 1.29 is 29.2 Å². The van der Waals surface area contributed by atoms with Crippen molar-refractivity contribution in [3.63, 3.8) is 0 Å². The molecule has 2 atom stereocenters. The molecule has 2 fully saturated rings. The van der Waals surface area contributed by atoms with Crippen molar-refractivity contribution >= 4 is 34.7 Å². The van der Waals surface area contributed by atoms with E-state index >= 15 is 0 Å². The first-order valence-corrected chi connectivity index (χ1v) is 10.2. The summed E-state index contributed by atoms with van der Waals surface area (Å²) in [6.07, 6.45) is -0.950. The standard InChI is InChI=1S/C20H22N4O6S2/c1-27-11-5-9(6-12(28-2)15(11)25)17-21-19(31)24-18(22-20(32)23(17)24)10-7-13(29-3)16(26)14(8-10)30-4/h5-8,17-18,25-26H,1-4H3,(H,21,31)(H,22,32). The zero-order chi connectivity index (χ0) is 23.2. The van der Waals surface area contributed by atoms with Gasteiger partial charge in [-0.25, -0.2) is 10.0 Å². The third-order valence-corrected chi connectivity index (χ3v) is 5.90. The van der Waals surface area contributed by atoms with Crippen LogP contribution < -0.4 is 29.6 Å². The van der Waals surface area contributed by atoms with Crippen molar-refractivity contribution in [3.05, 3.63) is 35.4 Å². The number of benzene rings is 2. The van der Waals surface area contributed by atoms with Crippen LogP contribution >= 0.6 is 24.4 Å². The average molecular weight is 479 g/mol. The van der Waals surface area contributed by atoms with E-state index in [1.54, 1.807) is 34.3 Å². The monoisotopic (exact) mass is 478 g/mol. The Labute approximate surface area is 195 Å². The van der Waals surface area contributed by atoms with Gasteiger partial charge in [0, 0.05) is 11.1 Å². The zero-order valence-electron chi connectivity index (χ0n) is 17.7. The number of aromatic hydroxyl groups is 2. The number of phenols is 2. The summed E-state index contributed by atoms with van der Waals surface area (Å²) in [5, 5.41) is 31.4. The first-order chi connectivity index (χ1) is 15.3. The molecule has 0 aliphatic carbocycles. The van der Waals surface area contributed by atoms with Crippen LogP contribution in [0.5, 0.6) is 34.5 Å². The molecule has 2 heterocycles. The van der Waals surface area contributed by atoms with Gasteiger partial charge in [0.15, 0.2) is 33.2 Å². The number of rotatable bonds is 6. The second kappa shape index (κ2) is 8.28. The summed E-state index contributed by atoms with van der Waals surface area (Å²) >= 11 is 11.2. The zero-order valence-corrected chi connectivity index (χ0v) is 19.3. The molecule has 0 saturated carbocycles. The van der Waals surface area contributed by atoms with Gasteiger partial charge in [0.05, 0.1) is 28.4 Å². The normalized spacial score (nSPS) is 19.4.